The molecule has 3 N–H and O–H groups in total. The smallest absolute Gasteiger partial charge is 0.151 e. The van der Waals surface area contributed by atoms with Gasteiger partial charge in [0.25, 0.3) is 0 Å². The molecule has 0 aromatic rings. The highest BCUT2D eigenvalue weighted by molar-refractivity contribution is 5.57. The van der Waals surface area contributed by atoms with Crippen LogP contribution in [0.3, 0.4) is 0 Å². The molecule has 0 aliphatic rings. The van der Waals surface area contributed by atoms with Gasteiger partial charge in [0.05, 0.1) is 6.10 Å². The molecule has 0 heterocycles. The molecule has 0 unspecified atom stereocenters. The number of carbonyl (C=O) groups is 1. The zero-order valence-electron chi connectivity index (χ0n) is 7.04. The Bertz CT molecular complexity index is 136. The van der Waals surface area contributed by atoms with Crippen LogP contribution in [0, 0.1) is 0 Å². The molecule has 4 atom stereocenters. The van der Waals surface area contributed by atoms with Crippen molar-refractivity contribution < 1.29 is 24.9 Å². The molecule has 0 amide bonds. The van der Waals surface area contributed by atoms with Gasteiger partial charge in [-0.15, -0.1) is 0 Å². The molecule has 0 saturated carbocycles. The normalized spacial score (nSPS) is 21.1. The van der Waals surface area contributed by atoms with Gasteiger partial charge in [-0.1, -0.05) is 0 Å². The van der Waals surface area contributed by atoms with Gasteiger partial charge < -0.3 is 24.9 Å². The maximum absolute atomic E-state index is 10.2. The molecule has 0 aromatic carbocycles. The molecular weight excluding hydrogens is 164 g/mol. The van der Waals surface area contributed by atoms with Crippen LogP contribution in [0.25, 0.3) is 0 Å². The number of hydrogen-bond acceptors (Lipinski definition) is 5. The van der Waals surface area contributed by atoms with Crippen LogP contribution in [0.5, 0.6) is 0 Å². The molecule has 5 nitrogen and oxygen atoms in total. The first-order valence-electron chi connectivity index (χ1n) is 3.56. The molecular formula is C7H14O5. The summed E-state index contributed by atoms with van der Waals surface area (Å²) < 4.78 is 4.54. The molecule has 0 spiro atoms. The fourth-order valence-electron chi connectivity index (χ4n) is 0.755. The van der Waals surface area contributed by atoms with Gasteiger partial charge in [0.1, 0.15) is 18.3 Å². The van der Waals surface area contributed by atoms with Gasteiger partial charge in [0.2, 0.25) is 0 Å². The number of methoxy groups -OCH3 is 1. The lowest BCUT2D eigenvalue weighted by molar-refractivity contribution is -0.136. The number of aliphatic hydroxyl groups is 3. The van der Waals surface area contributed by atoms with Crippen LogP contribution in [0.15, 0.2) is 0 Å². The average molecular weight is 178 g/mol. The predicted molar refractivity (Wildman–Crippen MR) is 40.6 cm³/mol. The van der Waals surface area contributed by atoms with E-state index < -0.39 is 24.4 Å². The van der Waals surface area contributed by atoms with Crippen LogP contribution in [-0.2, 0) is 9.53 Å². The fraction of sp³-hybridized carbons (Fsp3) is 0.857. The summed E-state index contributed by atoms with van der Waals surface area (Å²) in [6, 6.07) is 0. The number of hydrogen-bond donors (Lipinski definition) is 3. The van der Waals surface area contributed by atoms with Crippen molar-refractivity contribution in [2.75, 3.05) is 7.11 Å². The third-order valence-electron chi connectivity index (χ3n) is 1.59. The van der Waals surface area contributed by atoms with Crippen LogP contribution in [0.2, 0.25) is 0 Å². The Morgan fingerprint density at radius 1 is 1.25 bits per heavy atom. The van der Waals surface area contributed by atoms with Crippen molar-refractivity contribution in [2.24, 2.45) is 0 Å². The highest BCUT2D eigenvalue weighted by Crippen LogP contribution is 2.05. The number of rotatable bonds is 5. The molecule has 12 heavy (non-hydrogen) atoms. The first kappa shape index (κ1) is 11.5. The third-order valence-corrected chi connectivity index (χ3v) is 1.59. The van der Waals surface area contributed by atoms with Gasteiger partial charge >= 0.3 is 0 Å². The van der Waals surface area contributed by atoms with Crippen molar-refractivity contribution in [3.63, 3.8) is 0 Å². The van der Waals surface area contributed by atoms with E-state index in [9.17, 15) is 9.90 Å². The third kappa shape index (κ3) is 2.86. The van der Waals surface area contributed by atoms with E-state index in [0.29, 0.717) is 6.29 Å². The van der Waals surface area contributed by atoms with E-state index in [-0.39, 0.29) is 0 Å². The number of carbonyl (C=O) groups excluding carboxylic acids is 1. The van der Waals surface area contributed by atoms with Crippen LogP contribution >= 0.6 is 0 Å². The van der Waals surface area contributed by atoms with Crippen LogP contribution < -0.4 is 0 Å². The fourth-order valence-corrected chi connectivity index (χ4v) is 0.755. The molecule has 0 aliphatic heterocycles. The molecule has 0 radical (unpaired) electrons. The largest absolute Gasteiger partial charge is 0.391 e. The Balaban J connectivity index is 4.14. The van der Waals surface area contributed by atoms with Gasteiger partial charge in [0.15, 0.2) is 6.29 Å². The SMILES string of the molecule is CO[C@H](C=O)[C@H](O)[C@H](O)[C@H](C)O. The van der Waals surface area contributed by atoms with Gasteiger partial charge in [-0.3, -0.25) is 0 Å². The van der Waals surface area contributed by atoms with E-state index in [0.717, 1.165) is 0 Å². The zero-order valence-corrected chi connectivity index (χ0v) is 7.04. The first-order chi connectivity index (χ1) is 5.54. The minimum Gasteiger partial charge on any atom is -0.391 e. The first-order valence-corrected chi connectivity index (χ1v) is 3.56. The lowest BCUT2D eigenvalue weighted by atomic mass is 10.1. The van der Waals surface area contributed by atoms with E-state index in [1.165, 1.54) is 14.0 Å². The molecule has 0 aromatic heterocycles. The van der Waals surface area contributed by atoms with Crippen molar-refractivity contribution >= 4 is 6.29 Å². The van der Waals surface area contributed by atoms with E-state index in [1.807, 2.05) is 0 Å². The number of aliphatic hydroxyl groups excluding tert-OH is 3. The van der Waals surface area contributed by atoms with Crippen LogP contribution in [0.1, 0.15) is 6.92 Å². The Hall–Kier alpha value is -0.490. The van der Waals surface area contributed by atoms with Crippen molar-refractivity contribution in [3.05, 3.63) is 0 Å². The summed E-state index contributed by atoms with van der Waals surface area (Å²) in [5, 5.41) is 27.1. The molecule has 0 saturated heterocycles. The predicted octanol–water partition coefficient (Wildman–Crippen LogP) is -1.70. The lowest BCUT2D eigenvalue weighted by Gasteiger charge is -2.23. The van der Waals surface area contributed by atoms with Gasteiger partial charge in [-0.05, 0) is 6.92 Å². The molecule has 0 rings (SSSR count). The minimum absolute atomic E-state index is 0.371. The Morgan fingerprint density at radius 3 is 2.00 bits per heavy atom. The van der Waals surface area contributed by atoms with E-state index >= 15 is 0 Å². The molecule has 0 bridgehead atoms. The molecule has 72 valence electrons. The summed E-state index contributed by atoms with van der Waals surface area (Å²) in [6.07, 6.45) is -4.60. The summed E-state index contributed by atoms with van der Waals surface area (Å²) in [6.45, 7) is 1.31. The maximum atomic E-state index is 10.2. The van der Waals surface area contributed by atoms with Gasteiger partial charge in [-0.2, -0.15) is 0 Å². The highest BCUT2D eigenvalue weighted by Gasteiger charge is 2.28. The van der Waals surface area contributed by atoms with Crippen LogP contribution in [0.4, 0.5) is 0 Å². The average Bonchev–Trinajstić information content (AvgIpc) is 2.05. The highest BCUT2D eigenvalue weighted by atomic mass is 16.5. The molecule has 5 heteroatoms. The summed E-state index contributed by atoms with van der Waals surface area (Å²) >= 11 is 0. The molecule has 0 aliphatic carbocycles. The minimum atomic E-state index is -1.40. The number of ether oxygens (including phenoxy) is 1. The summed E-state index contributed by atoms with van der Waals surface area (Å²) in [7, 11) is 1.23. The summed E-state index contributed by atoms with van der Waals surface area (Å²) in [4.78, 5) is 10.2. The van der Waals surface area contributed by atoms with E-state index in [2.05, 4.69) is 4.74 Å². The Morgan fingerprint density at radius 2 is 1.75 bits per heavy atom. The topological polar surface area (TPSA) is 87.0 Å². The Kier molecular flexibility index (Phi) is 5.00. The molecule has 0 fully saturated rings. The second-order valence-corrected chi connectivity index (χ2v) is 2.56. The van der Waals surface area contributed by atoms with Gasteiger partial charge in [-0.25, -0.2) is 0 Å². The second kappa shape index (κ2) is 5.21. The van der Waals surface area contributed by atoms with Crippen molar-refractivity contribution in [2.45, 2.75) is 31.3 Å². The van der Waals surface area contributed by atoms with Crippen molar-refractivity contribution in [1.82, 2.24) is 0 Å². The Labute approximate surface area is 70.6 Å². The van der Waals surface area contributed by atoms with E-state index in [1.54, 1.807) is 0 Å². The maximum Gasteiger partial charge on any atom is 0.151 e. The summed E-state index contributed by atoms with van der Waals surface area (Å²) in [5.74, 6) is 0. The summed E-state index contributed by atoms with van der Waals surface area (Å²) in [5.41, 5.74) is 0. The van der Waals surface area contributed by atoms with Crippen molar-refractivity contribution in [1.29, 1.82) is 0 Å². The van der Waals surface area contributed by atoms with Crippen molar-refractivity contribution in [3.8, 4) is 0 Å². The standard InChI is InChI=1S/C7H14O5/c1-4(9)6(10)7(11)5(3-8)12-2/h3-7,9-11H,1-2H3/t4-,5+,6+,7-/m0/s1. The number of aldehydes is 1. The quantitative estimate of drug-likeness (QED) is 0.437. The van der Waals surface area contributed by atoms with Crippen LogP contribution in [-0.4, -0.2) is 53.1 Å². The van der Waals surface area contributed by atoms with Gasteiger partial charge in [0, 0.05) is 7.11 Å². The monoisotopic (exact) mass is 178 g/mol. The van der Waals surface area contributed by atoms with E-state index in [4.69, 9.17) is 10.2 Å². The zero-order chi connectivity index (χ0) is 9.72. The lowest BCUT2D eigenvalue weighted by Crippen LogP contribution is -2.44. The second-order valence-electron chi connectivity index (χ2n) is 2.56.